The van der Waals surface area contributed by atoms with Crippen molar-refractivity contribution in [1.29, 1.82) is 0 Å². The van der Waals surface area contributed by atoms with E-state index >= 15 is 0 Å². The van der Waals surface area contributed by atoms with Gasteiger partial charge in [-0.25, -0.2) is 4.98 Å². The van der Waals surface area contributed by atoms with Crippen molar-refractivity contribution in [2.75, 3.05) is 45.3 Å². The van der Waals surface area contributed by atoms with Crippen molar-refractivity contribution in [3.05, 3.63) is 82.0 Å². The van der Waals surface area contributed by atoms with Crippen molar-refractivity contribution >= 4 is 45.1 Å². The lowest BCUT2D eigenvalue weighted by Gasteiger charge is -2.38. The number of anilines is 1. The van der Waals surface area contributed by atoms with Crippen molar-refractivity contribution in [2.45, 2.75) is 140 Å². The number of ether oxygens (including phenoxy) is 6. The van der Waals surface area contributed by atoms with E-state index in [4.69, 9.17) is 37.8 Å². The van der Waals surface area contributed by atoms with Gasteiger partial charge in [0.05, 0.1) is 42.5 Å². The van der Waals surface area contributed by atoms with Crippen LogP contribution in [0.25, 0.3) is 27.4 Å². The van der Waals surface area contributed by atoms with E-state index in [1.54, 1.807) is 61.7 Å². The number of rotatable bonds is 7. The Morgan fingerprint density at radius 1 is 0.875 bits per heavy atom. The summed E-state index contributed by atoms with van der Waals surface area (Å²) in [6.45, 7) is 29.1. The number of nitrogens with zero attached hydrogens (tertiary/aromatic N) is 3. The number of hydrogen-bond acceptors (Lipinski definition) is 15. The van der Waals surface area contributed by atoms with E-state index < -0.39 is 77.3 Å². The lowest BCUT2D eigenvalue weighted by molar-refractivity contribution is -0.181. The average molecular weight is 996 g/mol. The van der Waals surface area contributed by atoms with Crippen molar-refractivity contribution in [1.82, 2.24) is 9.88 Å². The number of esters is 2. The number of allylic oxidation sites excluding steroid dienone is 3. The molecule has 0 saturated carbocycles. The van der Waals surface area contributed by atoms with E-state index in [-0.39, 0.29) is 11.5 Å². The van der Waals surface area contributed by atoms with Crippen LogP contribution in [0.3, 0.4) is 0 Å². The predicted molar refractivity (Wildman–Crippen MR) is 278 cm³/mol. The predicted octanol–water partition coefficient (Wildman–Crippen LogP) is 9.36. The lowest BCUT2D eigenvalue weighted by atomic mass is 9.78. The monoisotopic (exact) mass is 996 g/mol. The molecule has 3 aromatic carbocycles. The van der Waals surface area contributed by atoms with Gasteiger partial charge in [-0.05, 0) is 78.2 Å². The number of hydrogen-bond donors (Lipinski definition) is 3. The quantitative estimate of drug-likeness (QED) is 0.118. The Bertz CT molecular complexity index is 2760. The molecule has 15 nitrogen and oxygen atoms in total. The van der Waals surface area contributed by atoms with Crippen LogP contribution in [-0.4, -0.2) is 108 Å². The Morgan fingerprint density at radius 3 is 2.12 bits per heavy atom. The van der Waals surface area contributed by atoms with Gasteiger partial charge in [0.1, 0.15) is 28.8 Å². The molecule has 0 radical (unpaired) electrons. The zero-order chi connectivity index (χ0) is 52.9. The Labute approximate surface area is 424 Å². The summed E-state index contributed by atoms with van der Waals surface area (Å²) in [7, 11) is 3.09. The summed E-state index contributed by atoms with van der Waals surface area (Å²) in [5.41, 5.74) is 7.05. The molecule has 0 spiro atoms. The number of aromatic nitrogens is 1. The van der Waals surface area contributed by atoms with Crippen LogP contribution in [0.2, 0.25) is 0 Å². The smallest absolute Gasteiger partial charge is 0.316 e. The summed E-state index contributed by atoms with van der Waals surface area (Å²) in [4.78, 5) is 36.5. The number of aryl methyl sites for hydroxylation is 3. The van der Waals surface area contributed by atoms with Crippen LogP contribution in [0.5, 0.6) is 17.2 Å². The number of carbonyl (C=O) groups is 2. The number of aliphatic hydroxyl groups is 3. The molecule has 1 saturated heterocycles. The summed E-state index contributed by atoms with van der Waals surface area (Å²) in [6.07, 6.45) is 3.49. The summed E-state index contributed by atoms with van der Waals surface area (Å²) < 4.78 is 44.8. The highest BCUT2D eigenvalue weighted by atomic mass is 16.7. The van der Waals surface area contributed by atoms with E-state index in [1.165, 1.54) is 42.5 Å². The SMILES string of the molecule is COc1c(N2CCN(Cc3c(C)cc(C)cc3C)CC2)c2nc3oc2c2c(OC(=O)C(C)(C)C)c(C)c4c(c12)[C@@H](O)[C@@](C)(O/C=C/[C@H](OC)[C@@H](C)[C@H](OC(C)=O)[C@H](C)[C@H](O)[C@H](C)[C@@H](O)[C@@H](C)/C=C/C=C\3C)O4. The molecule has 0 amide bonds. The first-order valence-corrected chi connectivity index (χ1v) is 25.2. The maximum atomic E-state index is 14.0. The minimum Gasteiger partial charge on any atom is -0.494 e. The first-order valence-electron chi connectivity index (χ1n) is 25.2. The van der Waals surface area contributed by atoms with Gasteiger partial charge in [-0.3, -0.25) is 14.5 Å². The normalized spacial score (nSPS) is 29.3. The van der Waals surface area contributed by atoms with Gasteiger partial charge in [-0.15, -0.1) is 0 Å². The zero-order valence-electron chi connectivity index (χ0n) is 45.1. The maximum absolute atomic E-state index is 14.0. The van der Waals surface area contributed by atoms with Gasteiger partial charge in [-0.1, -0.05) is 63.6 Å². The highest BCUT2D eigenvalue weighted by Gasteiger charge is 2.51. The fraction of sp³-hybridized carbons (Fsp3) is 0.561. The third kappa shape index (κ3) is 10.4. The molecule has 3 aliphatic heterocycles. The van der Waals surface area contributed by atoms with Crippen LogP contribution in [0.1, 0.15) is 115 Å². The van der Waals surface area contributed by atoms with Crippen molar-refractivity contribution in [3.8, 4) is 17.2 Å². The number of carbonyl (C=O) groups excluding carboxylic acids is 2. The largest absolute Gasteiger partial charge is 0.494 e. The second kappa shape index (κ2) is 21.2. The van der Waals surface area contributed by atoms with Crippen LogP contribution in [0.15, 0.2) is 47.1 Å². The number of oxazole rings is 1. The average Bonchev–Trinajstić information content (AvgIpc) is 3.88. The molecule has 0 unspecified atom stereocenters. The second-order valence-electron chi connectivity index (χ2n) is 21.7. The molecule has 1 fully saturated rings. The molecule has 1 aromatic heterocycles. The maximum Gasteiger partial charge on any atom is 0.316 e. The number of benzene rings is 3. The van der Waals surface area contributed by atoms with Gasteiger partial charge in [0.2, 0.25) is 5.89 Å². The Kier molecular flexibility index (Phi) is 16.0. The Morgan fingerprint density at radius 2 is 1.53 bits per heavy atom. The van der Waals surface area contributed by atoms with Gasteiger partial charge in [0.25, 0.3) is 5.79 Å². The standard InChI is InChI=1S/C57H77N3O12/c1-29-26-32(4)39(33(5)27-29)28-59-21-23-60(24-22-59)45-44-51-42-41(52(45)67-16)43-50(37(9)49(42)71-55(65)56(11,12)13)72-57(14,53(43)64)68-25-20-40(66-15)34(6)48(69-38(10)61)36(8)47(63)35(7)46(62)30(2)18-17-19-31(3)54(58-44)70-51/h17-20,25-27,30,34-36,40,46-48,53,62-64H,21-24,28H2,1-16H3/b18-17+,25-20+,31-19-/t30-,34+,35+,36+,40-,46-,47+,48-,53+,57-/m0/s1. The van der Waals surface area contributed by atoms with Crippen molar-refractivity contribution in [3.63, 3.8) is 0 Å². The minimum absolute atomic E-state index is 0.163. The van der Waals surface area contributed by atoms with E-state index in [1.807, 2.05) is 39.0 Å². The first kappa shape index (κ1) is 54.3. The first-order chi connectivity index (χ1) is 33.8. The summed E-state index contributed by atoms with van der Waals surface area (Å²) in [5, 5.41) is 36.9. The highest BCUT2D eigenvalue weighted by Crippen LogP contribution is 2.59. The molecule has 4 heterocycles. The molecule has 4 aromatic rings. The Hall–Kier alpha value is -5.45. The van der Waals surface area contributed by atoms with E-state index in [0.29, 0.717) is 69.0 Å². The molecule has 6 bridgehead atoms. The van der Waals surface area contributed by atoms with Crippen LogP contribution in [0.4, 0.5) is 5.69 Å². The third-order valence-electron chi connectivity index (χ3n) is 15.1. The molecular formula is C57H77N3O12. The number of fused-ring (bicyclic) bond motifs is 2. The van der Waals surface area contributed by atoms with Gasteiger partial charge in [0.15, 0.2) is 17.4 Å². The lowest BCUT2D eigenvalue weighted by Crippen LogP contribution is -2.46. The van der Waals surface area contributed by atoms with Gasteiger partial charge in [0, 0.05) is 99.4 Å². The topological polar surface area (TPSA) is 183 Å². The fourth-order valence-electron chi connectivity index (χ4n) is 10.7. The molecule has 3 N–H and O–H groups in total. The fourth-order valence-corrected chi connectivity index (χ4v) is 10.7. The summed E-state index contributed by atoms with van der Waals surface area (Å²) >= 11 is 0. The molecule has 72 heavy (non-hydrogen) atoms. The second-order valence-corrected chi connectivity index (χ2v) is 21.7. The van der Waals surface area contributed by atoms with E-state index in [9.17, 15) is 24.9 Å². The minimum atomic E-state index is -1.75. The Balaban J connectivity index is 1.46. The van der Waals surface area contributed by atoms with Crippen LogP contribution >= 0.6 is 0 Å². The van der Waals surface area contributed by atoms with Gasteiger partial charge >= 0.3 is 11.9 Å². The molecule has 0 aliphatic carbocycles. The number of aliphatic hydroxyl groups excluding tert-OH is 3. The highest BCUT2D eigenvalue weighted by molar-refractivity contribution is 6.19. The molecule has 15 heteroatoms. The summed E-state index contributed by atoms with van der Waals surface area (Å²) in [5.74, 6) is -3.91. The molecular weight excluding hydrogens is 919 g/mol. The van der Waals surface area contributed by atoms with Gasteiger partial charge in [-0.2, -0.15) is 0 Å². The molecule has 3 aliphatic rings. The van der Waals surface area contributed by atoms with Crippen molar-refractivity contribution in [2.24, 2.45) is 29.1 Å². The molecule has 392 valence electrons. The van der Waals surface area contributed by atoms with Crippen LogP contribution in [-0.2, 0) is 30.3 Å². The van der Waals surface area contributed by atoms with E-state index in [0.717, 1.165) is 19.6 Å². The third-order valence-corrected chi connectivity index (χ3v) is 15.1. The zero-order valence-corrected chi connectivity index (χ0v) is 45.1. The van der Waals surface area contributed by atoms with Crippen LogP contribution < -0.4 is 19.1 Å². The van der Waals surface area contributed by atoms with Crippen LogP contribution in [0, 0.1) is 56.8 Å². The molecule has 7 rings (SSSR count). The number of piperazine rings is 1. The molecule has 10 atom stereocenters. The van der Waals surface area contributed by atoms with Crippen molar-refractivity contribution < 1.29 is 57.7 Å². The van der Waals surface area contributed by atoms with Gasteiger partial charge < -0.3 is 53.1 Å². The summed E-state index contributed by atoms with van der Waals surface area (Å²) in [6, 6.07) is 4.47. The number of methoxy groups -OCH3 is 2. The van der Waals surface area contributed by atoms with E-state index in [2.05, 4.69) is 42.7 Å².